The number of hydrogen-bond donors (Lipinski definition) is 2. The standard InChI is InChI=1S/C24H12BrF11N2O2/c25-15-10-13(21(27,23(31,32)33)24(34,35)36)9-14(22(28,29)30)18(15)38-20(40)12-6-7-16(26)17(8-12)37-19(39)11-4-2-1-3-5-11/h1-10H,(H,37,39)(H,38,40). The zero-order chi connectivity index (χ0) is 30.3. The molecule has 4 nitrogen and oxygen atoms in total. The molecular formula is C24H12BrF11N2O2. The van der Waals surface area contributed by atoms with Crippen molar-refractivity contribution in [3.63, 3.8) is 0 Å². The third-order valence-corrected chi connectivity index (χ3v) is 5.95. The maximum absolute atomic E-state index is 14.5. The Kier molecular flexibility index (Phi) is 8.26. The second-order valence-electron chi connectivity index (χ2n) is 8.00. The van der Waals surface area contributed by atoms with Gasteiger partial charge >= 0.3 is 24.2 Å². The lowest BCUT2D eigenvalue weighted by Gasteiger charge is -2.31. The number of amides is 2. The third kappa shape index (κ3) is 6.05. The van der Waals surface area contributed by atoms with Gasteiger partial charge in [0.25, 0.3) is 11.8 Å². The topological polar surface area (TPSA) is 58.2 Å². The zero-order valence-corrected chi connectivity index (χ0v) is 20.7. The number of rotatable bonds is 5. The van der Waals surface area contributed by atoms with Crippen LogP contribution in [0.5, 0.6) is 0 Å². The van der Waals surface area contributed by atoms with Gasteiger partial charge in [0.05, 0.1) is 16.9 Å². The molecule has 0 bridgehead atoms. The Morgan fingerprint density at radius 2 is 1.23 bits per heavy atom. The van der Waals surface area contributed by atoms with Gasteiger partial charge in [0.2, 0.25) is 0 Å². The Bertz CT molecular complexity index is 1420. The van der Waals surface area contributed by atoms with E-state index in [9.17, 15) is 57.9 Å². The number of carbonyl (C=O) groups excluding carboxylic acids is 2. The molecule has 0 aliphatic rings. The Balaban J connectivity index is 2.03. The van der Waals surface area contributed by atoms with Gasteiger partial charge in [0.15, 0.2) is 0 Å². The van der Waals surface area contributed by atoms with Crippen molar-refractivity contribution >= 4 is 39.1 Å². The molecule has 214 valence electrons. The molecule has 2 N–H and O–H groups in total. The second kappa shape index (κ2) is 10.7. The molecule has 0 aliphatic carbocycles. The van der Waals surface area contributed by atoms with E-state index in [1.54, 1.807) is 11.4 Å². The quantitative estimate of drug-likeness (QED) is 0.273. The molecule has 0 unspecified atom stereocenters. The lowest BCUT2D eigenvalue weighted by atomic mass is 9.92. The van der Waals surface area contributed by atoms with Crippen LogP contribution in [0.3, 0.4) is 0 Å². The number of carbonyl (C=O) groups is 2. The highest BCUT2D eigenvalue weighted by atomic mass is 79.9. The minimum Gasteiger partial charge on any atom is -0.320 e. The summed E-state index contributed by atoms with van der Waals surface area (Å²) in [5.41, 5.74) is -13.3. The lowest BCUT2D eigenvalue weighted by molar-refractivity contribution is -0.348. The first kappa shape index (κ1) is 30.8. The SMILES string of the molecule is O=C(Nc1cc(C(=O)Nc2c(Br)cc(C(F)(C(F)(F)F)C(F)(F)F)cc2C(F)(F)F)ccc1F)c1ccccc1. The van der Waals surface area contributed by atoms with Crippen LogP contribution in [0.4, 0.5) is 59.7 Å². The first-order valence-corrected chi connectivity index (χ1v) is 11.3. The van der Waals surface area contributed by atoms with Crippen LogP contribution in [0.2, 0.25) is 0 Å². The molecule has 0 heterocycles. The first-order chi connectivity index (χ1) is 18.3. The third-order valence-electron chi connectivity index (χ3n) is 5.33. The molecule has 0 fully saturated rings. The van der Waals surface area contributed by atoms with Gasteiger partial charge in [-0.3, -0.25) is 9.59 Å². The van der Waals surface area contributed by atoms with E-state index in [2.05, 4.69) is 21.2 Å². The van der Waals surface area contributed by atoms with E-state index in [0.29, 0.717) is 6.07 Å². The highest BCUT2D eigenvalue weighted by molar-refractivity contribution is 9.10. The fourth-order valence-corrected chi connectivity index (χ4v) is 3.94. The summed E-state index contributed by atoms with van der Waals surface area (Å²) < 4.78 is 147. The van der Waals surface area contributed by atoms with E-state index in [1.165, 1.54) is 24.3 Å². The van der Waals surface area contributed by atoms with Crippen molar-refractivity contribution in [2.75, 3.05) is 10.6 Å². The zero-order valence-electron chi connectivity index (χ0n) is 19.1. The van der Waals surface area contributed by atoms with E-state index in [0.717, 1.165) is 12.1 Å². The molecule has 3 aromatic carbocycles. The van der Waals surface area contributed by atoms with Gasteiger partial charge < -0.3 is 10.6 Å². The van der Waals surface area contributed by atoms with Crippen molar-refractivity contribution in [2.24, 2.45) is 0 Å². The Labute approximate surface area is 225 Å². The minimum absolute atomic E-state index is 0.0808. The van der Waals surface area contributed by atoms with E-state index < -0.39 is 80.4 Å². The van der Waals surface area contributed by atoms with Crippen LogP contribution in [-0.2, 0) is 11.8 Å². The van der Waals surface area contributed by atoms with Crippen molar-refractivity contribution in [3.05, 3.63) is 93.2 Å². The minimum atomic E-state index is -6.70. The normalized spacial score (nSPS) is 12.7. The van der Waals surface area contributed by atoms with Crippen LogP contribution in [0, 0.1) is 5.82 Å². The smallest absolute Gasteiger partial charge is 0.320 e. The van der Waals surface area contributed by atoms with Gasteiger partial charge in [-0.25, -0.2) is 8.78 Å². The summed E-state index contributed by atoms with van der Waals surface area (Å²) in [4.78, 5) is 25.0. The molecule has 3 rings (SSSR count). The number of nitrogens with one attached hydrogen (secondary N) is 2. The average molecular weight is 649 g/mol. The molecule has 0 saturated heterocycles. The fraction of sp³-hybridized carbons (Fsp3) is 0.167. The van der Waals surface area contributed by atoms with E-state index in [4.69, 9.17) is 0 Å². The summed E-state index contributed by atoms with van der Waals surface area (Å²) in [6, 6.07) is 8.55. The summed E-state index contributed by atoms with van der Waals surface area (Å²) in [5, 5.41) is 3.81. The average Bonchev–Trinajstić information content (AvgIpc) is 2.84. The number of hydrogen-bond acceptors (Lipinski definition) is 2. The van der Waals surface area contributed by atoms with Crippen LogP contribution < -0.4 is 10.6 Å². The number of benzene rings is 3. The molecule has 0 aromatic heterocycles. The lowest BCUT2D eigenvalue weighted by Crippen LogP contribution is -2.50. The molecule has 0 aliphatic heterocycles. The van der Waals surface area contributed by atoms with Crippen LogP contribution in [0.1, 0.15) is 31.8 Å². The molecular weight excluding hydrogens is 637 g/mol. The fourth-order valence-electron chi connectivity index (χ4n) is 3.38. The molecule has 0 saturated carbocycles. The molecule has 3 aromatic rings. The molecule has 40 heavy (non-hydrogen) atoms. The van der Waals surface area contributed by atoms with Crippen LogP contribution in [0.25, 0.3) is 0 Å². The Hall–Kier alpha value is -3.69. The van der Waals surface area contributed by atoms with Gasteiger partial charge in [-0.15, -0.1) is 0 Å². The summed E-state index contributed by atoms with van der Waals surface area (Å²) in [6.07, 6.45) is -19.1. The van der Waals surface area contributed by atoms with Gasteiger partial charge in [0, 0.05) is 21.2 Å². The number of alkyl halides is 10. The number of anilines is 2. The molecule has 2 amide bonds. The summed E-state index contributed by atoms with van der Waals surface area (Å²) >= 11 is 2.37. The van der Waals surface area contributed by atoms with Crippen molar-refractivity contribution < 1.29 is 57.9 Å². The molecule has 0 atom stereocenters. The van der Waals surface area contributed by atoms with E-state index >= 15 is 0 Å². The first-order valence-electron chi connectivity index (χ1n) is 10.5. The summed E-state index contributed by atoms with van der Waals surface area (Å²) in [7, 11) is 0. The number of halogens is 12. The van der Waals surface area contributed by atoms with Crippen molar-refractivity contribution in [1.82, 2.24) is 0 Å². The van der Waals surface area contributed by atoms with Gasteiger partial charge in [-0.2, -0.15) is 39.5 Å². The Morgan fingerprint density at radius 3 is 1.75 bits per heavy atom. The van der Waals surface area contributed by atoms with Crippen molar-refractivity contribution in [2.45, 2.75) is 24.2 Å². The highest BCUT2D eigenvalue weighted by Gasteiger charge is 2.73. The Morgan fingerprint density at radius 1 is 0.675 bits per heavy atom. The van der Waals surface area contributed by atoms with Crippen LogP contribution in [0.15, 0.2) is 65.1 Å². The highest BCUT2D eigenvalue weighted by Crippen LogP contribution is 2.55. The van der Waals surface area contributed by atoms with Crippen LogP contribution in [-0.4, -0.2) is 24.2 Å². The van der Waals surface area contributed by atoms with Gasteiger partial charge in [-0.05, 0) is 58.4 Å². The van der Waals surface area contributed by atoms with Gasteiger partial charge in [0.1, 0.15) is 5.82 Å². The van der Waals surface area contributed by atoms with Crippen molar-refractivity contribution in [3.8, 4) is 0 Å². The molecule has 0 radical (unpaired) electrons. The largest absolute Gasteiger partial charge is 0.435 e. The summed E-state index contributed by atoms with van der Waals surface area (Å²) in [6.45, 7) is 0. The maximum Gasteiger partial charge on any atom is 0.435 e. The second-order valence-corrected chi connectivity index (χ2v) is 8.86. The molecule has 16 heteroatoms. The van der Waals surface area contributed by atoms with Crippen LogP contribution >= 0.6 is 15.9 Å². The van der Waals surface area contributed by atoms with Crippen molar-refractivity contribution in [1.29, 1.82) is 0 Å². The van der Waals surface area contributed by atoms with Gasteiger partial charge in [-0.1, -0.05) is 18.2 Å². The van der Waals surface area contributed by atoms with E-state index in [-0.39, 0.29) is 11.6 Å². The predicted octanol–water partition coefficient (Wildman–Crippen LogP) is 8.40. The molecule has 0 spiro atoms. The van der Waals surface area contributed by atoms with E-state index in [1.807, 2.05) is 0 Å². The summed E-state index contributed by atoms with van der Waals surface area (Å²) in [5.74, 6) is -3.31. The monoisotopic (exact) mass is 648 g/mol. The maximum atomic E-state index is 14.5. The predicted molar refractivity (Wildman–Crippen MR) is 123 cm³/mol.